The predicted molar refractivity (Wildman–Crippen MR) is 139 cm³/mol. The summed E-state index contributed by atoms with van der Waals surface area (Å²) in [6.07, 6.45) is -4.64. The van der Waals surface area contributed by atoms with Gasteiger partial charge in [-0.05, 0) is 59.9 Å². The van der Waals surface area contributed by atoms with Crippen molar-refractivity contribution in [3.8, 4) is 5.75 Å². The highest BCUT2D eigenvalue weighted by molar-refractivity contribution is 6.51. The van der Waals surface area contributed by atoms with Crippen LogP contribution in [0.15, 0.2) is 72.3 Å². The fourth-order valence-corrected chi connectivity index (χ4v) is 4.72. The van der Waals surface area contributed by atoms with E-state index < -0.39 is 35.2 Å². The Balaban J connectivity index is 1.99. The van der Waals surface area contributed by atoms with Crippen molar-refractivity contribution in [3.63, 3.8) is 0 Å². The average molecular weight is 524 g/mol. The van der Waals surface area contributed by atoms with Crippen LogP contribution in [0.1, 0.15) is 54.6 Å². The minimum Gasteiger partial charge on any atom is -0.507 e. The van der Waals surface area contributed by atoms with E-state index in [1.165, 1.54) is 19.2 Å². The summed E-state index contributed by atoms with van der Waals surface area (Å²) in [5.74, 6) is -1.84. The van der Waals surface area contributed by atoms with Gasteiger partial charge >= 0.3 is 6.18 Å². The van der Waals surface area contributed by atoms with Crippen molar-refractivity contribution < 1.29 is 32.6 Å². The van der Waals surface area contributed by atoms with Gasteiger partial charge in [0.2, 0.25) is 0 Å². The Bertz CT molecular complexity index is 1450. The maximum absolute atomic E-state index is 13.5. The fourth-order valence-electron chi connectivity index (χ4n) is 4.72. The number of aryl methyl sites for hydroxylation is 1. The van der Waals surface area contributed by atoms with Gasteiger partial charge in [0.1, 0.15) is 11.5 Å². The van der Waals surface area contributed by atoms with Crippen LogP contribution in [0.2, 0.25) is 0 Å². The third-order valence-corrected chi connectivity index (χ3v) is 6.66. The van der Waals surface area contributed by atoms with Gasteiger partial charge in [-0.2, -0.15) is 13.2 Å². The highest BCUT2D eigenvalue weighted by Crippen LogP contribution is 2.45. The molecule has 0 aliphatic carbocycles. The summed E-state index contributed by atoms with van der Waals surface area (Å²) in [5, 5.41) is 11.5. The number of ether oxygens (including phenoxy) is 1. The van der Waals surface area contributed by atoms with E-state index >= 15 is 0 Å². The van der Waals surface area contributed by atoms with E-state index in [-0.39, 0.29) is 22.2 Å². The first-order valence-electron chi connectivity index (χ1n) is 12.0. The van der Waals surface area contributed by atoms with Gasteiger partial charge in [-0.15, -0.1) is 0 Å². The van der Waals surface area contributed by atoms with Crippen LogP contribution in [0.3, 0.4) is 0 Å². The summed E-state index contributed by atoms with van der Waals surface area (Å²) in [4.78, 5) is 27.8. The quantitative estimate of drug-likeness (QED) is 0.228. The van der Waals surface area contributed by atoms with Gasteiger partial charge in [0.25, 0.3) is 11.7 Å². The second kappa shape index (κ2) is 9.67. The van der Waals surface area contributed by atoms with Crippen LogP contribution < -0.4 is 9.64 Å². The van der Waals surface area contributed by atoms with Gasteiger partial charge in [-0.1, -0.05) is 51.1 Å². The number of anilines is 1. The Morgan fingerprint density at radius 3 is 2.24 bits per heavy atom. The SMILES string of the molecule is COc1ccc(/C(O)=C2\C(=O)C(=O)N(c3cccc(C(F)(F)F)c3)C2c2ccccc2C)cc1C(C)(C)C. The highest BCUT2D eigenvalue weighted by Gasteiger charge is 2.48. The molecule has 0 bridgehead atoms. The number of ketones is 1. The molecule has 1 atom stereocenters. The second-order valence-electron chi connectivity index (χ2n) is 10.2. The molecule has 0 radical (unpaired) electrons. The smallest absolute Gasteiger partial charge is 0.416 e. The number of amides is 1. The lowest BCUT2D eigenvalue weighted by molar-refractivity contribution is -0.137. The van der Waals surface area contributed by atoms with Gasteiger partial charge in [0.05, 0.1) is 24.3 Å². The molecule has 5 nitrogen and oxygen atoms in total. The monoisotopic (exact) mass is 523 g/mol. The summed E-state index contributed by atoms with van der Waals surface area (Å²) < 4.78 is 46.0. The lowest BCUT2D eigenvalue weighted by Crippen LogP contribution is -2.30. The number of hydrogen-bond acceptors (Lipinski definition) is 4. The first-order chi connectivity index (χ1) is 17.8. The molecule has 0 spiro atoms. The Morgan fingerprint density at radius 2 is 1.63 bits per heavy atom. The first kappa shape index (κ1) is 27.0. The lowest BCUT2D eigenvalue weighted by Gasteiger charge is -2.27. The number of halogens is 3. The van der Waals surface area contributed by atoms with Crippen molar-refractivity contribution >= 4 is 23.1 Å². The summed E-state index contributed by atoms with van der Waals surface area (Å²) in [7, 11) is 1.53. The molecule has 38 heavy (non-hydrogen) atoms. The van der Waals surface area contributed by atoms with Gasteiger partial charge in [0, 0.05) is 16.8 Å². The molecular weight excluding hydrogens is 495 g/mol. The summed E-state index contributed by atoms with van der Waals surface area (Å²) in [6, 6.07) is 15.0. The number of aliphatic hydroxyl groups is 1. The van der Waals surface area contributed by atoms with Gasteiger partial charge < -0.3 is 9.84 Å². The topological polar surface area (TPSA) is 66.8 Å². The summed E-state index contributed by atoms with van der Waals surface area (Å²) in [6.45, 7) is 7.67. The maximum atomic E-state index is 13.5. The fraction of sp³-hybridized carbons (Fsp3) is 0.267. The van der Waals surface area contributed by atoms with E-state index in [1.54, 1.807) is 49.4 Å². The van der Waals surface area contributed by atoms with Crippen LogP contribution in [-0.2, 0) is 21.2 Å². The molecule has 198 valence electrons. The van der Waals surface area contributed by atoms with E-state index in [2.05, 4.69) is 0 Å². The van der Waals surface area contributed by atoms with E-state index in [9.17, 15) is 27.9 Å². The van der Waals surface area contributed by atoms with Crippen molar-refractivity contribution in [2.75, 3.05) is 12.0 Å². The largest absolute Gasteiger partial charge is 0.507 e. The molecule has 0 saturated carbocycles. The standard InChI is InChI=1S/C30H28F3NO4/c1-17-9-6-7-12-21(17)25-24(26(35)18-13-14-23(38-5)22(15-18)29(2,3)4)27(36)28(37)34(25)20-11-8-10-19(16-20)30(31,32)33/h6-16,25,35H,1-5H3/b26-24+. The lowest BCUT2D eigenvalue weighted by atomic mass is 9.84. The molecule has 1 aliphatic rings. The van der Waals surface area contributed by atoms with Crippen molar-refractivity contribution in [1.29, 1.82) is 0 Å². The minimum atomic E-state index is -4.64. The van der Waals surface area contributed by atoms with Gasteiger partial charge in [-0.25, -0.2) is 0 Å². The van der Waals surface area contributed by atoms with Crippen LogP contribution >= 0.6 is 0 Å². The Morgan fingerprint density at radius 1 is 0.947 bits per heavy atom. The zero-order valence-electron chi connectivity index (χ0n) is 21.7. The molecular formula is C30H28F3NO4. The average Bonchev–Trinajstić information content (AvgIpc) is 3.12. The molecule has 1 saturated heterocycles. The molecule has 1 fully saturated rings. The van der Waals surface area contributed by atoms with Gasteiger partial charge in [-0.3, -0.25) is 14.5 Å². The molecule has 4 rings (SSSR count). The number of Topliss-reactive ketones (excluding diaryl/α,β-unsaturated/α-hetero) is 1. The molecule has 0 aromatic heterocycles. The number of rotatable bonds is 4. The number of aliphatic hydroxyl groups excluding tert-OH is 1. The van der Waals surface area contributed by atoms with E-state index in [0.717, 1.165) is 22.6 Å². The number of carbonyl (C=O) groups is 2. The van der Waals surface area contributed by atoms with Crippen molar-refractivity contribution in [2.45, 2.75) is 45.3 Å². The van der Waals surface area contributed by atoms with Crippen LogP contribution in [-0.4, -0.2) is 23.9 Å². The second-order valence-corrected chi connectivity index (χ2v) is 10.2. The molecule has 1 aliphatic heterocycles. The number of alkyl halides is 3. The molecule has 1 heterocycles. The Labute approximate surface area is 219 Å². The third kappa shape index (κ3) is 4.78. The first-order valence-corrected chi connectivity index (χ1v) is 12.0. The molecule has 1 unspecified atom stereocenters. The number of hydrogen-bond donors (Lipinski definition) is 1. The van der Waals surface area contributed by atoms with Crippen LogP contribution in [0.4, 0.5) is 18.9 Å². The number of carbonyl (C=O) groups excluding carboxylic acids is 2. The predicted octanol–water partition coefficient (Wildman–Crippen LogP) is 6.95. The van der Waals surface area contributed by atoms with Crippen LogP contribution in [0.5, 0.6) is 5.75 Å². The molecule has 3 aromatic rings. The van der Waals surface area contributed by atoms with Crippen molar-refractivity contribution in [1.82, 2.24) is 0 Å². The number of nitrogens with zero attached hydrogens (tertiary/aromatic N) is 1. The zero-order chi connectivity index (χ0) is 28.0. The summed E-state index contributed by atoms with van der Waals surface area (Å²) >= 11 is 0. The highest BCUT2D eigenvalue weighted by atomic mass is 19.4. The molecule has 1 amide bonds. The Hall–Kier alpha value is -4.07. The molecule has 1 N–H and O–H groups in total. The molecule has 3 aromatic carbocycles. The van der Waals surface area contributed by atoms with Crippen molar-refractivity contribution in [2.24, 2.45) is 0 Å². The maximum Gasteiger partial charge on any atom is 0.416 e. The van der Waals surface area contributed by atoms with Crippen LogP contribution in [0.25, 0.3) is 5.76 Å². The van der Waals surface area contributed by atoms with Crippen LogP contribution in [0, 0.1) is 6.92 Å². The minimum absolute atomic E-state index is 0.0978. The normalized spacial score (nSPS) is 17.7. The van der Waals surface area contributed by atoms with E-state index in [4.69, 9.17) is 4.74 Å². The van der Waals surface area contributed by atoms with Crippen molar-refractivity contribution in [3.05, 3.63) is 100 Å². The van der Waals surface area contributed by atoms with E-state index in [0.29, 0.717) is 16.9 Å². The van der Waals surface area contributed by atoms with Gasteiger partial charge in [0.15, 0.2) is 0 Å². The van der Waals surface area contributed by atoms with E-state index in [1.807, 2.05) is 20.8 Å². The summed E-state index contributed by atoms with van der Waals surface area (Å²) in [5.41, 5.74) is 0.639. The number of benzene rings is 3. The number of methoxy groups -OCH3 is 1. The zero-order valence-corrected chi connectivity index (χ0v) is 21.7. The molecule has 8 heteroatoms. The Kier molecular flexibility index (Phi) is 6.86. The third-order valence-electron chi connectivity index (χ3n) is 6.66.